The summed E-state index contributed by atoms with van der Waals surface area (Å²) in [5.74, 6) is 0.953. The second kappa shape index (κ2) is 6.96. The summed E-state index contributed by atoms with van der Waals surface area (Å²) in [6.07, 6.45) is 5.18. The molecule has 1 amide bonds. The number of rotatable bonds is 5. The molecule has 0 bridgehead atoms. The van der Waals surface area contributed by atoms with Crippen LogP contribution in [-0.2, 0) is 4.79 Å². The molecule has 2 fully saturated rings. The lowest BCUT2D eigenvalue weighted by Crippen LogP contribution is -2.34. The molecule has 3 nitrogen and oxygen atoms in total. The Hall–Kier alpha value is -0.520. The van der Waals surface area contributed by atoms with Crippen LogP contribution in [0.5, 0.6) is 0 Å². The zero-order valence-electron chi connectivity index (χ0n) is 11.8. The largest absolute Gasteiger partial charge is 0.326 e. The SMILES string of the molecule is O=C1CSC(c2ccsc2)N1CCCN1CCCCC1. The van der Waals surface area contributed by atoms with E-state index in [1.807, 2.05) is 0 Å². The molecule has 1 unspecified atom stereocenters. The van der Waals surface area contributed by atoms with Crippen molar-refractivity contribution in [1.29, 1.82) is 0 Å². The van der Waals surface area contributed by atoms with Crippen molar-refractivity contribution in [3.8, 4) is 0 Å². The van der Waals surface area contributed by atoms with Gasteiger partial charge in [0.2, 0.25) is 5.91 Å². The Bertz CT molecular complexity index is 429. The Morgan fingerprint density at radius 1 is 1.20 bits per heavy atom. The number of hydrogen-bond acceptors (Lipinski definition) is 4. The summed E-state index contributed by atoms with van der Waals surface area (Å²) in [6.45, 7) is 4.54. The van der Waals surface area contributed by atoms with Crippen LogP contribution < -0.4 is 0 Å². The standard InChI is InChI=1S/C15H22N2OS2/c18-14-12-20-15(13-5-10-19-11-13)17(14)9-4-8-16-6-2-1-3-7-16/h5,10-11,15H,1-4,6-9,12H2. The second-order valence-electron chi connectivity index (χ2n) is 5.56. The van der Waals surface area contributed by atoms with Crippen molar-refractivity contribution in [3.63, 3.8) is 0 Å². The smallest absolute Gasteiger partial charge is 0.233 e. The van der Waals surface area contributed by atoms with Crippen molar-refractivity contribution in [3.05, 3.63) is 22.4 Å². The molecular weight excluding hydrogens is 288 g/mol. The third-order valence-corrected chi connectivity index (χ3v) is 6.08. The number of thioether (sulfide) groups is 1. The molecule has 3 heterocycles. The second-order valence-corrected chi connectivity index (χ2v) is 7.41. The molecule has 2 aliphatic heterocycles. The van der Waals surface area contributed by atoms with E-state index in [1.54, 1.807) is 23.1 Å². The number of carbonyl (C=O) groups excluding carboxylic acids is 1. The molecule has 2 saturated heterocycles. The number of carbonyl (C=O) groups is 1. The van der Waals surface area contributed by atoms with Crippen LogP contribution in [0.1, 0.15) is 36.6 Å². The van der Waals surface area contributed by atoms with Gasteiger partial charge in [-0.15, -0.1) is 11.8 Å². The fourth-order valence-electron chi connectivity index (χ4n) is 3.04. The van der Waals surface area contributed by atoms with Crippen LogP contribution >= 0.6 is 23.1 Å². The van der Waals surface area contributed by atoms with Gasteiger partial charge >= 0.3 is 0 Å². The van der Waals surface area contributed by atoms with E-state index < -0.39 is 0 Å². The molecule has 110 valence electrons. The Morgan fingerprint density at radius 3 is 2.80 bits per heavy atom. The molecule has 1 aromatic heterocycles. The molecule has 0 spiro atoms. The zero-order chi connectivity index (χ0) is 13.8. The van der Waals surface area contributed by atoms with Gasteiger partial charge in [-0.25, -0.2) is 0 Å². The maximum absolute atomic E-state index is 12.1. The minimum Gasteiger partial charge on any atom is -0.326 e. The molecular formula is C15H22N2OS2. The summed E-state index contributed by atoms with van der Waals surface area (Å²) >= 11 is 3.49. The first-order chi connectivity index (χ1) is 9.84. The number of likely N-dealkylation sites (tertiary alicyclic amines) is 1. The lowest BCUT2D eigenvalue weighted by Gasteiger charge is -2.28. The lowest BCUT2D eigenvalue weighted by atomic mass is 10.1. The van der Waals surface area contributed by atoms with Crippen LogP contribution in [-0.4, -0.2) is 47.6 Å². The number of hydrogen-bond donors (Lipinski definition) is 0. The fourth-order valence-corrected chi connectivity index (χ4v) is 5.01. The zero-order valence-corrected chi connectivity index (χ0v) is 13.4. The van der Waals surface area contributed by atoms with Gasteiger partial charge in [0.25, 0.3) is 0 Å². The monoisotopic (exact) mass is 310 g/mol. The normalized spacial score (nSPS) is 24.5. The first kappa shape index (κ1) is 14.4. The van der Waals surface area contributed by atoms with Crippen LogP contribution in [0.3, 0.4) is 0 Å². The minimum atomic E-state index is 0.259. The molecule has 0 aliphatic carbocycles. The van der Waals surface area contributed by atoms with Gasteiger partial charge in [-0.05, 0) is 61.3 Å². The molecule has 3 rings (SSSR count). The van der Waals surface area contributed by atoms with Gasteiger partial charge in [-0.3, -0.25) is 4.79 Å². The highest BCUT2D eigenvalue weighted by Gasteiger charge is 2.32. The van der Waals surface area contributed by atoms with Gasteiger partial charge in [0.15, 0.2) is 0 Å². The molecule has 20 heavy (non-hydrogen) atoms. The topological polar surface area (TPSA) is 23.6 Å². The summed E-state index contributed by atoms with van der Waals surface area (Å²) in [4.78, 5) is 16.7. The van der Waals surface area contributed by atoms with E-state index in [9.17, 15) is 4.79 Å². The molecule has 1 atom stereocenters. The molecule has 0 radical (unpaired) electrons. The Balaban J connectivity index is 1.50. The van der Waals surface area contributed by atoms with Gasteiger partial charge in [-0.2, -0.15) is 11.3 Å². The van der Waals surface area contributed by atoms with E-state index in [1.165, 1.54) is 37.9 Å². The van der Waals surface area contributed by atoms with Crippen LogP contribution in [0.2, 0.25) is 0 Å². The van der Waals surface area contributed by atoms with E-state index in [0.29, 0.717) is 11.7 Å². The van der Waals surface area contributed by atoms with Crippen molar-refractivity contribution in [2.75, 3.05) is 31.9 Å². The van der Waals surface area contributed by atoms with E-state index in [0.717, 1.165) is 19.5 Å². The number of piperidine rings is 1. The maximum atomic E-state index is 12.1. The predicted molar refractivity (Wildman–Crippen MR) is 86.1 cm³/mol. The van der Waals surface area contributed by atoms with Crippen molar-refractivity contribution < 1.29 is 4.79 Å². The maximum Gasteiger partial charge on any atom is 0.233 e. The quantitative estimate of drug-likeness (QED) is 0.834. The molecule has 5 heteroatoms. The third-order valence-electron chi connectivity index (χ3n) is 4.12. The van der Waals surface area contributed by atoms with Crippen LogP contribution in [0.25, 0.3) is 0 Å². The highest BCUT2D eigenvalue weighted by molar-refractivity contribution is 8.00. The van der Waals surface area contributed by atoms with Gasteiger partial charge in [0.1, 0.15) is 5.37 Å². The van der Waals surface area contributed by atoms with E-state index >= 15 is 0 Å². The minimum absolute atomic E-state index is 0.259. The van der Waals surface area contributed by atoms with Crippen LogP contribution in [0, 0.1) is 0 Å². The van der Waals surface area contributed by atoms with Crippen molar-refractivity contribution >= 4 is 29.0 Å². The Morgan fingerprint density at radius 2 is 2.05 bits per heavy atom. The summed E-state index contributed by atoms with van der Waals surface area (Å²) in [6, 6.07) is 2.15. The summed E-state index contributed by atoms with van der Waals surface area (Å²) < 4.78 is 0. The van der Waals surface area contributed by atoms with Gasteiger partial charge in [0, 0.05) is 6.54 Å². The first-order valence-electron chi connectivity index (χ1n) is 7.50. The highest BCUT2D eigenvalue weighted by Crippen LogP contribution is 2.39. The van der Waals surface area contributed by atoms with Crippen LogP contribution in [0.15, 0.2) is 16.8 Å². The molecule has 0 N–H and O–H groups in total. The van der Waals surface area contributed by atoms with E-state index in [2.05, 4.69) is 26.6 Å². The molecule has 0 saturated carbocycles. The summed E-state index contributed by atoms with van der Waals surface area (Å²) in [7, 11) is 0. The van der Waals surface area contributed by atoms with Crippen molar-refractivity contribution in [2.24, 2.45) is 0 Å². The van der Waals surface area contributed by atoms with Gasteiger partial charge < -0.3 is 9.80 Å². The number of amides is 1. The molecule has 1 aromatic rings. The average Bonchev–Trinajstić information content (AvgIpc) is 3.11. The van der Waals surface area contributed by atoms with E-state index in [-0.39, 0.29) is 5.37 Å². The van der Waals surface area contributed by atoms with Gasteiger partial charge in [-0.1, -0.05) is 6.42 Å². The predicted octanol–water partition coefficient (Wildman–Crippen LogP) is 3.20. The summed E-state index contributed by atoms with van der Waals surface area (Å²) in [5, 5.41) is 4.54. The average molecular weight is 310 g/mol. The summed E-state index contributed by atoms with van der Waals surface area (Å²) in [5.41, 5.74) is 1.30. The molecule has 2 aliphatic rings. The highest BCUT2D eigenvalue weighted by atomic mass is 32.2. The van der Waals surface area contributed by atoms with E-state index in [4.69, 9.17) is 0 Å². The lowest BCUT2D eigenvalue weighted by molar-refractivity contribution is -0.128. The Kier molecular flexibility index (Phi) is 5.02. The number of thiophene rings is 1. The Labute approximate surface area is 129 Å². The first-order valence-corrected chi connectivity index (χ1v) is 9.49. The fraction of sp³-hybridized carbons (Fsp3) is 0.667. The number of nitrogens with zero attached hydrogens (tertiary/aromatic N) is 2. The third kappa shape index (κ3) is 3.38. The van der Waals surface area contributed by atoms with Crippen molar-refractivity contribution in [2.45, 2.75) is 31.1 Å². The van der Waals surface area contributed by atoms with Gasteiger partial charge in [0.05, 0.1) is 5.75 Å². The molecule has 0 aromatic carbocycles. The van der Waals surface area contributed by atoms with Crippen LogP contribution in [0.4, 0.5) is 0 Å². The van der Waals surface area contributed by atoms with Crippen molar-refractivity contribution in [1.82, 2.24) is 9.80 Å².